The molecule has 0 fully saturated rings. The van der Waals surface area contributed by atoms with Crippen LogP contribution in [0.5, 0.6) is 0 Å². The van der Waals surface area contributed by atoms with Crippen molar-refractivity contribution in [3.8, 4) is 0 Å². The normalized spacial score (nSPS) is 24.3. The van der Waals surface area contributed by atoms with E-state index in [2.05, 4.69) is 11.3 Å². The molecule has 0 saturated carbocycles. The second-order valence-corrected chi connectivity index (χ2v) is 3.67. The summed E-state index contributed by atoms with van der Waals surface area (Å²) in [5, 5.41) is 0. The number of hydrogen-bond donors (Lipinski definition) is 0. The lowest BCUT2D eigenvalue weighted by atomic mass is 10.1. The van der Waals surface area contributed by atoms with Crippen LogP contribution in [0.2, 0.25) is 0 Å². The van der Waals surface area contributed by atoms with Crippen LogP contribution in [0.4, 0.5) is 0 Å². The van der Waals surface area contributed by atoms with Crippen molar-refractivity contribution in [1.82, 2.24) is 4.37 Å². The van der Waals surface area contributed by atoms with Gasteiger partial charge in [-0.2, -0.15) is 0 Å². The Kier molecular flexibility index (Phi) is 1.09. The Hall–Kier alpha value is -0.370. The highest BCUT2D eigenvalue weighted by molar-refractivity contribution is 7.05. The number of fused-ring (bicyclic) bond motifs is 1. The van der Waals surface area contributed by atoms with E-state index in [0.717, 1.165) is 5.92 Å². The predicted molar refractivity (Wildman–Crippen MR) is 38.7 cm³/mol. The largest absolute Gasteiger partial charge is 0.201 e. The topological polar surface area (TPSA) is 12.9 Å². The molecule has 0 saturated heterocycles. The molecule has 2 rings (SSSR count). The van der Waals surface area contributed by atoms with Gasteiger partial charge in [0.25, 0.3) is 0 Å². The summed E-state index contributed by atoms with van der Waals surface area (Å²) in [6.45, 7) is 2.30. The molecule has 0 radical (unpaired) electrons. The van der Waals surface area contributed by atoms with Crippen molar-refractivity contribution >= 4 is 11.5 Å². The van der Waals surface area contributed by atoms with Gasteiger partial charge in [0.15, 0.2) is 0 Å². The average molecular weight is 139 g/mol. The first-order valence-electron chi connectivity index (χ1n) is 3.28. The number of aromatic nitrogens is 1. The zero-order chi connectivity index (χ0) is 6.27. The van der Waals surface area contributed by atoms with E-state index in [-0.39, 0.29) is 0 Å². The summed E-state index contributed by atoms with van der Waals surface area (Å²) in [4.78, 5) is 1.52. The van der Waals surface area contributed by atoms with Crippen molar-refractivity contribution in [1.29, 1.82) is 0 Å². The zero-order valence-corrected chi connectivity index (χ0v) is 6.24. The monoisotopic (exact) mass is 139 g/mol. The molecule has 2 heteroatoms. The second kappa shape index (κ2) is 1.81. The molecule has 1 aromatic rings. The van der Waals surface area contributed by atoms with Crippen molar-refractivity contribution in [3.05, 3.63) is 16.6 Å². The molecule has 0 bridgehead atoms. The van der Waals surface area contributed by atoms with Crippen LogP contribution >= 0.6 is 11.5 Å². The van der Waals surface area contributed by atoms with E-state index in [4.69, 9.17) is 0 Å². The van der Waals surface area contributed by atoms with Gasteiger partial charge in [0.2, 0.25) is 0 Å². The van der Waals surface area contributed by atoms with Gasteiger partial charge in [-0.1, -0.05) is 6.92 Å². The van der Waals surface area contributed by atoms with Gasteiger partial charge in [-0.15, -0.1) is 0 Å². The molecular formula is C7H9NS. The van der Waals surface area contributed by atoms with Crippen molar-refractivity contribution in [2.24, 2.45) is 5.92 Å². The van der Waals surface area contributed by atoms with E-state index in [9.17, 15) is 0 Å². The minimum Gasteiger partial charge on any atom is -0.201 e. The SMILES string of the molecule is CC1Cc2cnsc2C1. The molecule has 1 aromatic heterocycles. The summed E-state index contributed by atoms with van der Waals surface area (Å²) >= 11 is 1.67. The average Bonchev–Trinajstić information content (AvgIpc) is 2.22. The lowest BCUT2D eigenvalue weighted by Gasteiger charge is -1.94. The van der Waals surface area contributed by atoms with Crippen LogP contribution in [0.25, 0.3) is 0 Å². The molecule has 0 aliphatic heterocycles. The third-order valence-corrected chi connectivity index (χ3v) is 2.69. The molecule has 0 N–H and O–H groups in total. The smallest absolute Gasteiger partial charge is 0.0441 e. The lowest BCUT2D eigenvalue weighted by Crippen LogP contribution is -1.89. The quantitative estimate of drug-likeness (QED) is 0.534. The summed E-state index contributed by atoms with van der Waals surface area (Å²) in [5.41, 5.74) is 1.49. The highest BCUT2D eigenvalue weighted by Crippen LogP contribution is 2.28. The van der Waals surface area contributed by atoms with Crippen LogP contribution < -0.4 is 0 Å². The zero-order valence-electron chi connectivity index (χ0n) is 5.42. The summed E-state index contributed by atoms with van der Waals surface area (Å²) in [5.74, 6) is 0.870. The Morgan fingerprint density at radius 1 is 1.67 bits per heavy atom. The second-order valence-electron chi connectivity index (χ2n) is 2.79. The lowest BCUT2D eigenvalue weighted by molar-refractivity contribution is 0.628. The fourth-order valence-electron chi connectivity index (χ4n) is 1.38. The Morgan fingerprint density at radius 3 is 3.33 bits per heavy atom. The Morgan fingerprint density at radius 2 is 2.56 bits per heavy atom. The van der Waals surface area contributed by atoms with Crippen molar-refractivity contribution in [2.75, 3.05) is 0 Å². The predicted octanol–water partition coefficient (Wildman–Crippen LogP) is 1.88. The fraction of sp³-hybridized carbons (Fsp3) is 0.571. The van der Waals surface area contributed by atoms with Gasteiger partial charge in [0, 0.05) is 11.1 Å². The summed E-state index contributed by atoms with van der Waals surface area (Å²) in [6, 6.07) is 0. The first kappa shape index (κ1) is 5.42. The van der Waals surface area contributed by atoms with Gasteiger partial charge in [0.05, 0.1) is 0 Å². The maximum absolute atomic E-state index is 4.12. The van der Waals surface area contributed by atoms with Gasteiger partial charge >= 0.3 is 0 Å². The highest BCUT2D eigenvalue weighted by Gasteiger charge is 2.18. The Labute approximate surface area is 58.9 Å². The molecule has 1 atom stereocenters. The van der Waals surface area contributed by atoms with Crippen LogP contribution in [0.15, 0.2) is 6.20 Å². The Bertz CT molecular complexity index is 196. The maximum Gasteiger partial charge on any atom is 0.0441 e. The van der Waals surface area contributed by atoms with Crippen molar-refractivity contribution in [2.45, 2.75) is 19.8 Å². The maximum atomic E-state index is 4.12. The van der Waals surface area contributed by atoms with Gasteiger partial charge in [-0.3, -0.25) is 0 Å². The van der Waals surface area contributed by atoms with Crippen molar-refractivity contribution < 1.29 is 0 Å². The molecule has 0 amide bonds. The van der Waals surface area contributed by atoms with Gasteiger partial charge in [-0.25, -0.2) is 4.37 Å². The minimum atomic E-state index is 0.870. The first-order valence-corrected chi connectivity index (χ1v) is 4.06. The summed E-state index contributed by atoms with van der Waals surface area (Å²) in [6.07, 6.45) is 4.54. The van der Waals surface area contributed by atoms with Crippen LogP contribution in [0.3, 0.4) is 0 Å². The van der Waals surface area contributed by atoms with E-state index in [1.54, 1.807) is 11.5 Å². The van der Waals surface area contributed by atoms with Crippen LogP contribution in [-0.4, -0.2) is 4.37 Å². The molecule has 48 valence electrons. The molecule has 9 heavy (non-hydrogen) atoms. The molecular weight excluding hydrogens is 130 g/mol. The molecule has 1 unspecified atom stereocenters. The van der Waals surface area contributed by atoms with E-state index in [0.29, 0.717) is 0 Å². The molecule has 1 aliphatic carbocycles. The summed E-state index contributed by atoms with van der Waals surface area (Å²) < 4.78 is 4.12. The third kappa shape index (κ3) is 0.778. The molecule has 0 spiro atoms. The Balaban J connectivity index is 2.39. The highest BCUT2D eigenvalue weighted by atomic mass is 32.1. The van der Waals surface area contributed by atoms with E-state index in [1.165, 1.54) is 23.3 Å². The van der Waals surface area contributed by atoms with E-state index >= 15 is 0 Å². The van der Waals surface area contributed by atoms with Crippen molar-refractivity contribution in [3.63, 3.8) is 0 Å². The minimum absolute atomic E-state index is 0.870. The number of rotatable bonds is 0. The number of nitrogens with zero attached hydrogens (tertiary/aromatic N) is 1. The van der Waals surface area contributed by atoms with Crippen LogP contribution in [-0.2, 0) is 12.8 Å². The fourth-order valence-corrected chi connectivity index (χ4v) is 2.30. The number of hydrogen-bond acceptors (Lipinski definition) is 2. The summed E-state index contributed by atoms with van der Waals surface area (Å²) in [7, 11) is 0. The third-order valence-electron chi connectivity index (χ3n) is 1.83. The molecule has 1 aliphatic rings. The van der Waals surface area contributed by atoms with Gasteiger partial charge < -0.3 is 0 Å². The van der Waals surface area contributed by atoms with E-state index < -0.39 is 0 Å². The molecule has 0 aromatic carbocycles. The van der Waals surface area contributed by atoms with E-state index in [1.807, 2.05) is 6.20 Å². The molecule has 1 nitrogen and oxygen atoms in total. The van der Waals surface area contributed by atoms with Crippen LogP contribution in [0.1, 0.15) is 17.4 Å². The van der Waals surface area contributed by atoms with Gasteiger partial charge in [-0.05, 0) is 35.9 Å². The standard InChI is InChI=1S/C7H9NS/c1-5-2-6-4-8-9-7(6)3-5/h4-5H,2-3H2,1H3. The molecule has 1 heterocycles. The van der Waals surface area contributed by atoms with Crippen LogP contribution in [0, 0.1) is 5.92 Å². The van der Waals surface area contributed by atoms with Gasteiger partial charge in [0.1, 0.15) is 0 Å². The first-order chi connectivity index (χ1) is 4.36.